The molecule has 0 unspecified atom stereocenters. The number of methoxy groups -OCH3 is 1. The van der Waals surface area contributed by atoms with Gasteiger partial charge >= 0.3 is 0 Å². The molecule has 0 saturated carbocycles. The molecule has 0 aliphatic carbocycles. The number of anilines is 1. The molecule has 8 heteroatoms. The number of benzene rings is 3. The molecular formula is C22H22N2O5S. The fourth-order valence-electron chi connectivity index (χ4n) is 2.62. The van der Waals surface area contributed by atoms with Crippen molar-refractivity contribution in [3.05, 3.63) is 84.4 Å². The summed E-state index contributed by atoms with van der Waals surface area (Å²) in [5.41, 5.74) is 0.824. The molecule has 0 heterocycles. The summed E-state index contributed by atoms with van der Waals surface area (Å²) in [4.78, 5) is 12.7. The Balaban J connectivity index is 1.71. The molecule has 3 aromatic rings. The van der Waals surface area contributed by atoms with Gasteiger partial charge in [-0.3, -0.25) is 4.79 Å². The molecule has 0 aromatic heterocycles. The summed E-state index contributed by atoms with van der Waals surface area (Å²) >= 11 is 0. The fraction of sp³-hybridized carbons (Fsp3) is 0.136. The van der Waals surface area contributed by atoms with Crippen LogP contribution in [0.1, 0.15) is 10.4 Å². The molecule has 7 nitrogen and oxygen atoms in total. The standard InChI is InChI=1S/C22H22N2O5S/c1-28-16-15-23-30(26,27)19-13-11-17(12-14-19)22(25)24-20-9-5-6-10-21(20)29-18-7-3-2-4-8-18/h2-14,23H,15-16H2,1H3,(H,24,25). The van der Waals surface area contributed by atoms with E-state index >= 15 is 0 Å². The monoisotopic (exact) mass is 426 g/mol. The number of hydrogen-bond acceptors (Lipinski definition) is 5. The Kier molecular flexibility index (Phi) is 7.18. The molecule has 0 radical (unpaired) electrons. The lowest BCUT2D eigenvalue weighted by molar-refractivity contribution is 0.102. The largest absolute Gasteiger partial charge is 0.455 e. The van der Waals surface area contributed by atoms with E-state index in [0.717, 1.165) is 0 Å². The minimum absolute atomic E-state index is 0.0722. The first kappa shape index (κ1) is 21.5. The smallest absolute Gasteiger partial charge is 0.255 e. The van der Waals surface area contributed by atoms with Gasteiger partial charge in [0.1, 0.15) is 5.75 Å². The first-order valence-corrected chi connectivity index (χ1v) is 10.7. The van der Waals surface area contributed by atoms with Crippen LogP contribution in [0, 0.1) is 0 Å². The van der Waals surface area contributed by atoms with Crippen molar-refractivity contribution < 1.29 is 22.7 Å². The van der Waals surface area contributed by atoms with Gasteiger partial charge in [-0.15, -0.1) is 0 Å². The molecule has 0 fully saturated rings. The van der Waals surface area contributed by atoms with E-state index in [1.165, 1.54) is 31.4 Å². The summed E-state index contributed by atoms with van der Waals surface area (Å²) in [6.07, 6.45) is 0. The van der Waals surface area contributed by atoms with Gasteiger partial charge in [0.05, 0.1) is 17.2 Å². The summed E-state index contributed by atoms with van der Waals surface area (Å²) < 4.78 is 37.5. The van der Waals surface area contributed by atoms with E-state index in [9.17, 15) is 13.2 Å². The summed E-state index contributed by atoms with van der Waals surface area (Å²) in [6, 6.07) is 22.0. The SMILES string of the molecule is COCCNS(=O)(=O)c1ccc(C(=O)Nc2ccccc2Oc2ccccc2)cc1. The van der Waals surface area contributed by atoms with E-state index in [1.807, 2.05) is 36.4 Å². The first-order chi connectivity index (χ1) is 14.5. The highest BCUT2D eigenvalue weighted by molar-refractivity contribution is 7.89. The predicted molar refractivity (Wildman–Crippen MR) is 114 cm³/mol. The van der Waals surface area contributed by atoms with Crippen LogP contribution in [0.15, 0.2) is 83.8 Å². The van der Waals surface area contributed by atoms with E-state index < -0.39 is 10.0 Å². The second-order valence-electron chi connectivity index (χ2n) is 6.28. The molecule has 30 heavy (non-hydrogen) atoms. The third kappa shape index (κ3) is 5.66. The van der Waals surface area contributed by atoms with Crippen LogP contribution >= 0.6 is 0 Å². The quantitative estimate of drug-likeness (QED) is 0.510. The predicted octanol–water partition coefficient (Wildman–Crippen LogP) is 3.66. The molecule has 3 rings (SSSR count). The second-order valence-corrected chi connectivity index (χ2v) is 8.05. The number of carbonyl (C=O) groups is 1. The average molecular weight is 426 g/mol. The Labute approximate surface area is 175 Å². The van der Waals surface area contributed by atoms with Crippen molar-refractivity contribution in [2.45, 2.75) is 4.90 Å². The highest BCUT2D eigenvalue weighted by Crippen LogP contribution is 2.29. The lowest BCUT2D eigenvalue weighted by Crippen LogP contribution is -2.27. The van der Waals surface area contributed by atoms with E-state index in [0.29, 0.717) is 22.7 Å². The van der Waals surface area contributed by atoms with Crippen LogP contribution < -0.4 is 14.8 Å². The van der Waals surface area contributed by atoms with Crippen LogP contribution in [0.3, 0.4) is 0 Å². The Morgan fingerprint density at radius 2 is 1.57 bits per heavy atom. The van der Waals surface area contributed by atoms with Gasteiger partial charge in [-0.1, -0.05) is 30.3 Å². The van der Waals surface area contributed by atoms with Crippen molar-refractivity contribution in [1.29, 1.82) is 0 Å². The summed E-state index contributed by atoms with van der Waals surface area (Å²) in [7, 11) is -2.17. The molecule has 0 saturated heterocycles. The van der Waals surface area contributed by atoms with Gasteiger partial charge in [0.25, 0.3) is 5.91 Å². The third-order valence-electron chi connectivity index (χ3n) is 4.13. The molecular weight excluding hydrogens is 404 g/mol. The summed E-state index contributed by atoms with van der Waals surface area (Å²) in [6.45, 7) is 0.434. The van der Waals surface area contributed by atoms with Crippen LogP contribution in [-0.4, -0.2) is 34.6 Å². The molecule has 0 atom stereocenters. The van der Waals surface area contributed by atoms with E-state index in [4.69, 9.17) is 9.47 Å². The first-order valence-electron chi connectivity index (χ1n) is 9.21. The number of amides is 1. The molecule has 0 bridgehead atoms. The van der Waals surface area contributed by atoms with Crippen molar-refractivity contribution >= 4 is 21.6 Å². The zero-order valence-corrected chi connectivity index (χ0v) is 17.2. The maximum absolute atomic E-state index is 12.6. The topological polar surface area (TPSA) is 93.7 Å². The van der Waals surface area contributed by atoms with Crippen molar-refractivity contribution in [3.8, 4) is 11.5 Å². The Morgan fingerprint density at radius 3 is 2.27 bits per heavy atom. The van der Waals surface area contributed by atoms with E-state index in [2.05, 4.69) is 10.0 Å². The number of ether oxygens (including phenoxy) is 2. The zero-order valence-electron chi connectivity index (χ0n) is 16.4. The normalized spacial score (nSPS) is 11.1. The van der Waals surface area contributed by atoms with Gasteiger partial charge in [0.2, 0.25) is 10.0 Å². The van der Waals surface area contributed by atoms with Crippen LogP contribution in [0.4, 0.5) is 5.69 Å². The van der Waals surface area contributed by atoms with Crippen molar-refractivity contribution in [3.63, 3.8) is 0 Å². The zero-order chi connectivity index (χ0) is 21.4. The van der Waals surface area contributed by atoms with Crippen molar-refractivity contribution in [1.82, 2.24) is 4.72 Å². The Bertz CT molecular complexity index is 1080. The van der Waals surface area contributed by atoms with Crippen LogP contribution in [0.2, 0.25) is 0 Å². The second kappa shape index (κ2) is 10.0. The van der Waals surface area contributed by atoms with Crippen LogP contribution in [0.25, 0.3) is 0 Å². The van der Waals surface area contributed by atoms with Crippen molar-refractivity contribution in [2.24, 2.45) is 0 Å². The number of carbonyl (C=O) groups excluding carboxylic acids is 1. The average Bonchev–Trinajstić information content (AvgIpc) is 2.76. The van der Waals surface area contributed by atoms with Gasteiger partial charge in [-0.25, -0.2) is 13.1 Å². The Hall–Kier alpha value is -3.20. The number of hydrogen-bond donors (Lipinski definition) is 2. The molecule has 2 N–H and O–H groups in total. The van der Waals surface area contributed by atoms with Crippen LogP contribution in [-0.2, 0) is 14.8 Å². The third-order valence-corrected chi connectivity index (χ3v) is 5.61. The van der Waals surface area contributed by atoms with Gasteiger partial charge in [-0.05, 0) is 48.5 Å². The highest BCUT2D eigenvalue weighted by atomic mass is 32.2. The van der Waals surface area contributed by atoms with Gasteiger partial charge in [-0.2, -0.15) is 0 Å². The Morgan fingerprint density at radius 1 is 0.900 bits per heavy atom. The molecule has 1 amide bonds. The van der Waals surface area contributed by atoms with Crippen LogP contribution in [0.5, 0.6) is 11.5 Å². The molecule has 156 valence electrons. The lowest BCUT2D eigenvalue weighted by Gasteiger charge is -2.12. The maximum Gasteiger partial charge on any atom is 0.255 e. The van der Waals surface area contributed by atoms with Gasteiger partial charge < -0.3 is 14.8 Å². The number of para-hydroxylation sites is 3. The van der Waals surface area contributed by atoms with E-state index in [1.54, 1.807) is 18.2 Å². The fourth-order valence-corrected chi connectivity index (χ4v) is 3.63. The molecule has 0 spiro atoms. The van der Waals surface area contributed by atoms with Gasteiger partial charge in [0.15, 0.2) is 5.75 Å². The summed E-state index contributed by atoms with van der Waals surface area (Å²) in [5.74, 6) is 0.767. The minimum atomic E-state index is -3.66. The highest BCUT2D eigenvalue weighted by Gasteiger charge is 2.15. The number of rotatable bonds is 9. The summed E-state index contributed by atoms with van der Waals surface area (Å²) in [5, 5.41) is 2.80. The van der Waals surface area contributed by atoms with E-state index in [-0.39, 0.29) is 24.0 Å². The number of nitrogens with one attached hydrogen (secondary N) is 2. The molecule has 3 aromatic carbocycles. The minimum Gasteiger partial charge on any atom is -0.455 e. The van der Waals surface area contributed by atoms with Crippen molar-refractivity contribution in [2.75, 3.05) is 25.6 Å². The molecule has 0 aliphatic rings. The lowest BCUT2D eigenvalue weighted by atomic mass is 10.2. The van der Waals surface area contributed by atoms with Gasteiger partial charge in [0, 0.05) is 19.2 Å². The number of sulfonamides is 1. The molecule has 0 aliphatic heterocycles. The maximum atomic E-state index is 12.6.